The molecule has 0 saturated carbocycles. The van der Waals surface area contributed by atoms with E-state index in [4.69, 9.17) is 4.74 Å². The second-order valence-electron chi connectivity index (χ2n) is 4.61. The molecule has 106 valence electrons. The molecule has 0 radical (unpaired) electrons. The number of benzene rings is 2. The number of ether oxygens (including phenoxy) is 1. The zero-order valence-corrected chi connectivity index (χ0v) is 12.7. The third kappa shape index (κ3) is 3.81. The minimum Gasteiger partial charge on any atom is -0.496 e. The van der Waals surface area contributed by atoms with Crippen molar-refractivity contribution < 1.29 is 14.2 Å². The molecule has 1 unspecified atom stereocenters. The van der Waals surface area contributed by atoms with Crippen LogP contribution in [0.15, 0.2) is 46.9 Å². The Hall–Kier alpha value is -1.39. The summed E-state index contributed by atoms with van der Waals surface area (Å²) in [5, 5.41) is 10.2. The van der Waals surface area contributed by atoms with Crippen molar-refractivity contribution in [3.8, 4) is 5.75 Å². The third-order valence-electron chi connectivity index (χ3n) is 3.11. The second-order valence-corrected chi connectivity index (χ2v) is 5.53. The van der Waals surface area contributed by atoms with E-state index in [0.717, 1.165) is 15.8 Å². The van der Waals surface area contributed by atoms with E-state index in [1.807, 2.05) is 18.2 Å². The van der Waals surface area contributed by atoms with Crippen molar-refractivity contribution in [3.05, 3.63) is 63.9 Å². The lowest BCUT2D eigenvalue weighted by Crippen LogP contribution is -2.15. The topological polar surface area (TPSA) is 29.5 Å². The molecule has 2 aromatic rings. The van der Waals surface area contributed by atoms with Crippen molar-refractivity contribution >= 4 is 15.9 Å². The fraction of sp³-hybridized carbons (Fsp3) is 0.250. The van der Waals surface area contributed by atoms with Crippen LogP contribution in [0.4, 0.5) is 4.39 Å². The fourth-order valence-corrected chi connectivity index (χ4v) is 2.56. The molecule has 0 spiro atoms. The first-order chi connectivity index (χ1) is 9.60. The number of hydrogen-bond acceptors (Lipinski definition) is 2. The number of methoxy groups -OCH3 is 1. The van der Waals surface area contributed by atoms with Gasteiger partial charge in [-0.05, 0) is 35.4 Å². The molecule has 0 amide bonds. The lowest BCUT2D eigenvalue weighted by molar-refractivity contribution is 0.173. The van der Waals surface area contributed by atoms with Crippen LogP contribution in [0.25, 0.3) is 0 Å². The quantitative estimate of drug-likeness (QED) is 0.899. The largest absolute Gasteiger partial charge is 0.496 e. The van der Waals surface area contributed by atoms with E-state index in [1.165, 1.54) is 6.07 Å². The Bertz CT molecular complexity index is 586. The Labute approximate surface area is 126 Å². The summed E-state index contributed by atoms with van der Waals surface area (Å²) in [4.78, 5) is 0. The van der Waals surface area contributed by atoms with Crippen LogP contribution in [0.2, 0.25) is 0 Å². The van der Waals surface area contributed by atoms with Gasteiger partial charge in [0.05, 0.1) is 13.2 Å². The highest BCUT2D eigenvalue weighted by molar-refractivity contribution is 9.10. The van der Waals surface area contributed by atoms with Gasteiger partial charge in [0.15, 0.2) is 0 Å². The molecule has 2 nitrogen and oxygen atoms in total. The first-order valence-electron chi connectivity index (χ1n) is 6.34. The highest BCUT2D eigenvalue weighted by Crippen LogP contribution is 2.25. The molecule has 1 atom stereocenters. The summed E-state index contributed by atoms with van der Waals surface area (Å²) in [6, 6.07) is 12.1. The van der Waals surface area contributed by atoms with Crippen LogP contribution in [0.1, 0.15) is 11.1 Å². The van der Waals surface area contributed by atoms with Crippen LogP contribution in [-0.4, -0.2) is 18.3 Å². The number of hydrogen-bond donors (Lipinski definition) is 1. The van der Waals surface area contributed by atoms with Gasteiger partial charge in [-0.15, -0.1) is 0 Å². The molecular formula is C16H16BrFO2. The fourth-order valence-electron chi connectivity index (χ4n) is 2.15. The predicted molar refractivity (Wildman–Crippen MR) is 80.5 cm³/mol. The lowest BCUT2D eigenvalue weighted by atomic mass is 10.0. The molecule has 4 heteroatoms. The summed E-state index contributed by atoms with van der Waals surface area (Å²) in [5.41, 5.74) is 1.42. The van der Waals surface area contributed by atoms with Gasteiger partial charge in [0, 0.05) is 17.3 Å². The van der Waals surface area contributed by atoms with Crippen molar-refractivity contribution in [2.75, 3.05) is 7.11 Å². The summed E-state index contributed by atoms with van der Waals surface area (Å²) in [7, 11) is 1.59. The standard InChI is InChI=1S/C16H16BrFO2/c1-20-16-7-6-13(17)8-12(16)10-14(19)9-11-4-2-3-5-15(11)18/h2-8,14,19H,9-10H2,1H3. The molecule has 2 aromatic carbocycles. The third-order valence-corrected chi connectivity index (χ3v) is 3.60. The van der Waals surface area contributed by atoms with Gasteiger partial charge >= 0.3 is 0 Å². The number of aliphatic hydroxyl groups is 1. The SMILES string of the molecule is COc1ccc(Br)cc1CC(O)Cc1ccccc1F. The van der Waals surface area contributed by atoms with E-state index in [0.29, 0.717) is 12.0 Å². The molecule has 20 heavy (non-hydrogen) atoms. The van der Waals surface area contributed by atoms with Crippen LogP contribution in [0, 0.1) is 5.82 Å². The van der Waals surface area contributed by atoms with Gasteiger partial charge in [0.25, 0.3) is 0 Å². The molecule has 0 aliphatic carbocycles. The lowest BCUT2D eigenvalue weighted by Gasteiger charge is -2.14. The molecule has 1 N–H and O–H groups in total. The summed E-state index contributed by atoms with van der Waals surface area (Å²) in [6.07, 6.45) is 0.0364. The maximum Gasteiger partial charge on any atom is 0.126 e. The molecule has 0 saturated heterocycles. The first-order valence-corrected chi connectivity index (χ1v) is 7.13. The average molecular weight is 339 g/mol. The molecule has 0 heterocycles. The monoisotopic (exact) mass is 338 g/mol. The Balaban J connectivity index is 2.10. The van der Waals surface area contributed by atoms with Crippen LogP contribution in [0.5, 0.6) is 5.75 Å². The number of rotatable bonds is 5. The van der Waals surface area contributed by atoms with Crippen LogP contribution in [0.3, 0.4) is 0 Å². The molecule has 0 aliphatic heterocycles. The zero-order valence-electron chi connectivity index (χ0n) is 11.1. The number of aliphatic hydroxyl groups excluding tert-OH is 1. The first kappa shape index (κ1) is 15.0. The van der Waals surface area contributed by atoms with Crippen molar-refractivity contribution in [1.29, 1.82) is 0 Å². The Morgan fingerprint density at radius 2 is 1.85 bits per heavy atom. The zero-order chi connectivity index (χ0) is 14.5. The Kier molecular flexibility index (Phi) is 5.15. The van der Waals surface area contributed by atoms with Crippen molar-refractivity contribution in [2.45, 2.75) is 18.9 Å². The van der Waals surface area contributed by atoms with Gasteiger partial charge in [-0.2, -0.15) is 0 Å². The van der Waals surface area contributed by atoms with E-state index < -0.39 is 6.10 Å². The van der Waals surface area contributed by atoms with Gasteiger partial charge in [-0.3, -0.25) is 0 Å². The van der Waals surface area contributed by atoms with Crippen LogP contribution >= 0.6 is 15.9 Å². The van der Waals surface area contributed by atoms with Gasteiger partial charge in [-0.1, -0.05) is 34.1 Å². The highest BCUT2D eigenvalue weighted by Gasteiger charge is 2.13. The smallest absolute Gasteiger partial charge is 0.126 e. The van der Waals surface area contributed by atoms with E-state index in [2.05, 4.69) is 15.9 Å². The van der Waals surface area contributed by atoms with E-state index in [1.54, 1.807) is 25.3 Å². The summed E-state index contributed by atoms with van der Waals surface area (Å²) in [6.45, 7) is 0. The molecule has 2 rings (SSSR count). The van der Waals surface area contributed by atoms with E-state index >= 15 is 0 Å². The van der Waals surface area contributed by atoms with Gasteiger partial charge in [0.1, 0.15) is 11.6 Å². The Morgan fingerprint density at radius 1 is 1.15 bits per heavy atom. The average Bonchev–Trinajstić information content (AvgIpc) is 2.41. The normalized spacial score (nSPS) is 12.2. The molecule has 0 aromatic heterocycles. The molecule has 0 bridgehead atoms. The van der Waals surface area contributed by atoms with Crippen molar-refractivity contribution in [2.24, 2.45) is 0 Å². The van der Waals surface area contributed by atoms with Gasteiger partial charge in [0.2, 0.25) is 0 Å². The summed E-state index contributed by atoms with van der Waals surface area (Å²) >= 11 is 3.40. The molecule has 0 fully saturated rings. The molecular weight excluding hydrogens is 323 g/mol. The van der Waals surface area contributed by atoms with Crippen LogP contribution in [-0.2, 0) is 12.8 Å². The Morgan fingerprint density at radius 3 is 2.55 bits per heavy atom. The van der Waals surface area contributed by atoms with Gasteiger partial charge in [-0.25, -0.2) is 4.39 Å². The number of halogens is 2. The van der Waals surface area contributed by atoms with Crippen molar-refractivity contribution in [3.63, 3.8) is 0 Å². The molecule has 0 aliphatic rings. The second kappa shape index (κ2) is 6.86. The van der Waals surface area contributed by atoms with E-state index in [-0.39, 0.29) is 12.2 Å². The van der Waals surface area contributed by atoms with Crippen LogP contribution < -0.4 is 4.74 Å². The van der Waals surface area contributed by atoms with Crippen molar-refractivity contribution in [1.82, 2.24) is 0 Å². The summed E-state index contributed by atoms with van der Waals surface area (Å²) < 4.78 is 19.7. The minimum atomic E-state index is -0.657. The maximum absolute atomic E-state index is 13.6. The minimum absolute atomic E-state index is 0.280. The predicted octanol–water partition coefficient (Wildman–Crippen LogP) is 3.74. The van der Waals surface area contributed by atoms with Gasteiger partial charge < -0.3 is 9.84 Å². The highest BCUT2D eigenvalue weighted by atomic mass is 79.9. The summed E-state index contributed by atoms with van der Waals surface area (Å²) in [5.74, 6) is 0.438. The maximum atomic E-state index is 13.6. The van der Waals surface area contributed by atoms with E-state index in [9.17, 15) is 9.50 Å².